The molecule has 0 bridgehead atoms. The van der Waals surface area contributed by atoms with Gasteiger partial charge in [0.15, 0.2) is 0 Å². The lowest BCUT2D eigenvalue weighted by molar-refractivity contribution is 0.294. The maximum absolute atomic E-state index is 6.41. The Kier molecular flexibility index (Phi) is 4.23. The van der Waals surface area contributed by atoms with Gasteiger partial charge in [0, 0.05) is 12.0 Å². The van der Waals surface area contributed by atoms with Gasteiger partial charge in [-0.25, -0.2) is 0 Å². The lowest BCUT2D eigenvalue weighted by Gasteiger charge is -2.37. The van der Waals surface area contributed by atoms with Crippen molar-refractivity contribution in [3.05, 3.63) is 28.8 Å². The van der Waals surface area contributed by atoms with Crippen LogP contribution in [0.25, 0.3) is 0 Å². The summed E-state index contributed by atoms with van der Waals surface area (Å²) in [6, 6.07) is 6.29. The summed E-state index contributed by atoms with van der Waals surface area (Å²) < 4.78 is 5.81. The molecule has 2 aliphatic rings. The molecular formula is C17H24ClNO. The van der Waals surface area contributed by atoms with Crippen LogP contribution < -0.4 is 10.5 Å². The van der Waals surface area contributed by atoms with E-state index in [0.29, 0.717) is 6.54 Å². The maximum atomic E-state index is 6.41. The molecule has 0 aliphatic heterocycles. The van der Waals surface area contributed by atoms with Crippen LogP contribution >= 0.6 is 11.6 Å². The molecule has 3 heteroatoms. The Hall–Kier alpha value is -0.730. The van der Waals surface area contributed by atoms with Gasteiger partial charge in [-0.3, -0.25) is 0 Å². The van der Waals surface area contributed by atoms with Crippen molar-refractivity contribution in [2.45, 2.75) is 50.4 Å². The van der Waals surface area contributed by atoms with Crippen molar-refractivity contribution in [1.29, 1.82) is 0 Å². The van der Waals surface area contributed by atoms with Gasteiger partial charge >= 0.3 is 0 Å². The highest BCUT2D eigenvalue weighted by atomic mass is 35.5. The van der Waals surface area contributed by atoms with Crippen LogP contribution in [0.1, 0.15) is 50.5 Å². The lowest BCUT2D eigenvalue weighted by Crippen LogP contribution is -2.37. The molecule has 0 spiro atoms. The summed E-state index contributed by atoms with van der Waals surface area (Å²) in [7, 11) is 0. The fraction of sp³-hybridized carbons (Fsp3) is 0.647. The van der Waals surface area contributed by atoms with E-state index in [9.17, 15) is 0 Å². The molecule has 1 aromatic rings. The minimum Gasteiger partial charge on any atom is -0.492 e. The first kappa shape index (κ1) is 14.2. The van der Waals surface area contributed by atoms with Crippen LogP contribution in [-0.2, 0) is 5.41 Å². The summed E-state index contributed by atoms with van der Waals surface area (Å²) in [6.45, 7) is 1.52. The number of hydrogen-bond acceptors (Lipinski definition) is 2. The topological polar surface area (TPSA) is 35.2 Å². The SMILES string of the molecule is NCC1(c2ccc(OCC3CC3)c(Cl)c2)CCCCC1. The minimum atomic E-state index is 0.136. The zero-order valence-corrected chi connectivity index (χ0v) is 12.8. The first-order valence-electron chi connectivity index (χ1n) is 7.86. The van der Waals surface area contributed by atoms with Crippen molar-refractivity contribution < 1.29 is 4.74 Å². The molecule has 2 N–H and O–H groups in total. The molecule has 110 valence electrons. The number of nitrogens with two attached hydrogens (primary N) is 1. The second-order valence-corrected chi connectivity index (χ2v) is 6.85. The van der Waals surface area contributed by atoms with Gasteiger partial charge in [0.1, 0.15) is 5.75 Å². The van der Waals surface area contributed by atoms with Gasteiger partial charge in [-0.05, 0) is 49.3 Å². The minimum absolute atomic E-state index is 0.136. The Labute approximate surface area is 126 Å². The second-order valence-electron chi connectivity index (χ2n) is 6.44. The van der Waals surface area contributed by atoms with Crippen molar-refractivity contribution in [3.63, 3.8) is 0 Å². The first-order chi connectivity index (χ1) is 9.73. The average molecular weight is 294 g/mol. The van der Waals surface area contributed by atoms with E-state index in [4.69, 9.17) is 22.1 Å². The molecule has 3 rings (SSSR count). The van der Waals surface area contributed by atoms with E-state index < -0.39 is 0 Å². The van der Waals surface area contributed by atoms with Crippen LogP contribution in [0.3, 0.4) is 0 Å². The van der Waals surface area contributed by atoms with E-state index >= 15 is 0 Å². The highest BCUT2D eigenvalue weighted by Gasteiger charge is 2.33. The molecule has 0 unspecified atom stereocenters. The van der Waals surface area contributed by atoms with Crippen LogP contribution in [0.4, 0.5) is 0 Å². The number of hydrogen-bond donors (Lipinski definition) is 1. The largest absolute Gasteiger partial charge is 0.492 e. The Morgan fingerprint density at radius 1 is 1.20 bits per heavy atom. The van der Waals surface area contributed by atoms with Gasteiger partial charge in [-0.2, -0.15) is 0 Å². The lowest BCUT2D eigenvalue weighted by atomic mass is 9.69. The Morgan fingerprint density at radius 3 is 2.55 bits per heavy atom. The summed E-state index contributed by atoms with van der Waals surface area (Å²) >= 11 is 6.41. The third kappa shape index (κ3) is 2.96. The quantitative estimate of drug-likeness (QED) is 0.879. The molecule has 0 amide bonds. The van der Waals surface area contributed by atoms with Crippen LogP contribution in [-0.4, -0.2) is 13.2 Å². The van der Waals surface area contributed by atoms with Gasteiger partial charge in [-0.15, -0.1) is 0 Å². The van der Waals surface area contributed by atoms with Crippen molar-refractivity contribution in [3.8, 4) is 5.75 Å². The Bertz CT molecular complexity index is 464. The fourth-order valence-electron chi connectivity index (χ4n) is 3.28. The summed E-state index contributed by atoms with van der Waals surface area (Å²) in [5, 5.41) is 0.738. The molecule has 20 heavy (non-hydrogen) atoms. The van der Waals surface area contributed by atoms with E-state index in [-0.39, 0.29) is 5.41 Å². The molecule has 2 saturated carbocycles. The molecule has 0 saturated heterocycles. The van der Waals surface area contributed by atoms with Crippen LogP contribution in [0.2, 0.25) is 5.02 Å². The van der Waals surface area contributed by atoms with Gasteiger partial charge < -0.3 is 10.5 Å². The number of ether oxygens (including phenoxy) is 1. The van der Waals surface area contributed by atoms with Crippen molar-refractivity contribution >= 4 is 11.6 Å². The summed E-state index contributed by atoms with van der Waals surface area (Å²) in [6.07, 6.45) is 8.84. The van der Waals surface area contributed by atoms with E-state index in [1.807, 2.05) is 6.07 Å². The molecular weight excluding hydrogens is 270 g/mol. The number of benzene rings is 1. The van der Waals surface area contributed by atoms with Crippen molar-refractivity contribution in [1.82, 2.24) is 0 Å². The molecule has 0 aromatic heterocycles. The third-order valence-corrected chi connectivity index (χ3v) is 5.21. The Morgan fingerprint density at radius 2 is 1.95 bits per heavy atom. The normalized spacial score (nSPS) is 21.7. The van der Waals surface area contributed by atoms with E-state index in [1.54, 1.807) is 0 Å². The standard InChI is InChI=1S/C17H24ClNO/c18-15-10-14(17(12-19)8-2-1-3-9-17)6-7-16(15)20-11-13-4-5-13/h6-7,10,13H,1-5,8-9,11-12,19H2. The van der Waals surface area contributed by atoms with E-state index in [2.05, 4.69) is 12.1 Å². The molecule has 2 fully saturated rings. The van der Waals surface area contributed by atoms with Gasteiger partial charge in [0.05, 0.1) is 11.6 Å². The first-order valence-corrected chi connectivity index (χ1v) is 8.24. The second kappa shape index (κ2) is 5.95. The van der Waals surface area contributed by atoms with Crippen LogP contribution in [0.5, 0.6) is 5.75 Å². The highest BCUT2D eigenvalue weighted by Crippen LogP contribution is 2.41. The average Bonchev–Trinajstić information content (AvgIpc) is 3.31. The van der Waals surface area contributed by atoms with Gasteiger partial charge in [0.25, 0.3) is 0 Å². The molecule has 1 aromatic carbocycles. The summed E-state index contributed by atoms with van der Waals surface area (Å²) in [5.41, 5.74) is 7.52. The predicted octanol–water partition coefficient (Wildman–Crippen LogP) is 4.29. The van der Waals surface area contributed by atoms with Gasteiger partial charge in [-0.1, -0.05) is 36.9 Å². The smallest absolute Gasteiger partial charge is 0.137 e. The highest BCUT2D eigenvalue weighted by molar-refractivity contribution is 6.32. The summed E-state index contributed by atoms with van der Waals surface area (Å²) in [5.74, 6) is 1.57. The van der Waals surface area contributed by atoms with Gasteiger partial charge in [0.2, 0.25) is 0 Å². The Balaban J connectivity index is 1.77. The van der Waals surface area contributed by atoms with Crippen LogP contribution in [0.15, 0.2) is 18.2 Å². The zero-order chi connectivity index (χ0) is 14.0. The third-order valence-electron chi connectivity index (χ3n) is 4.92. The van der Waals surface area contributed by atoms with Crippen molar-refractivity contribution in [2.75, 3.05) is 13.2 Å². The monoisotopic (exact) mass is 293 g/mol. The molecule has 0 atom stereocenters. The number of halogens is 1. The summed E-state index contributed by atoms with van der Waals surface area (Å²) in [4.78, 5) is 0. The molecule has 2 nitrogen and oxygen atoms in total. The molecule has 0 heterocycles. The maximum Gasteiger partial charge on any atom is 0.137 e. The predicted molar refractivity (Wildman–Crippen MR) is 83.5 cm³/mol. The van der Waals surface area contributed by atoms with Crippen molar-refractivity contribution in [2.24, 2.45) is 11.7 Å². The van der Waals surface area contributed by atoms with E-state index in [0.717, 1.165) is 23.3 Å². The van der Waals surface area contributed by atoms with E-state index in [1.165, 1.54) is 50.5 Å². The molecule has 0 radical (unpaired) electrons. The molecule has 2 aliphatic carbocycles. The zero-order valence-electron chi connectivity index (χ0n) is 12.0. The number of rotatable bonds is 5. The fourth-order valence-corrected chi connectivity index (χ4v) is 3.51. The van der Waals surface area contributed by atoms with Crippen LogP contribution in [0, 0.1) is 5.92 Å².